The van der Waals surface area contributed by atoms with E-state index in [2.05, 4.69) is 108 Å². The van der Waals surface area contributed by atoms with Gasteiger partial charge in [-0.1, -0.05) is 97.1 Å². The number of thiazole rings is 1. The van der Waals surface area contributed by atoms with E-state index in [1.807, 2.05) is 72.0 Å². The molecule has 4 heterocycles. The number of rotatable bonds is 5. The molecule has 0 fully saturated rings. The fourth-order valence-corrected chi connectivity index (χ4v) is 9.42. The van der Waals surface area contributed by atoms with E-state index >= 15 is 0 Å². The van der Waals surface area contributed by atoms with Gasteiger partial charge in [-0.25, -0.2) is 19.9 Å². The molecule has 7 aromatic carbocycles. The molecule has 11 rings (SSSR count). The lowest BCUT2D eigenvalue weighted by atomic mass is 10.1. The zero-order valence-corrected chi connectivity index (χ0v) is 29.8. The van der Waals surface area contributed by atoms with Gasteiger partial charge in [-0.2, -0.15) is 0 Å². The van der Waals surface area contributed by atoms with Gasteiger partial charge in [-0.05, 0) is 66.7 Å². The molecule has 248 valence electrons. The molecule has 53 heavy (non-hydrogen) atoms. The number of hydrogen-bond donors (Lipinski definition) is 0. The van der Waals surface area contributed by atoms with Gasteiger partial charge in [0.25, 0.3) is 0 Å². The molecule has 0 spiro atoms. The second-order valence-corrected chi connectivity index (χ2v) is 15.2. The lowest BCUT2D eigenvalue weighted by Gasteiger charge is -2.08. The van der Waals surface area contributed by atoms with E-state index < -0.39 is 0 Å². The minimum absolute atomic E-state index is 0.623. The average Bonchev–Trinajstić information content (AvgIpc) is 3.92. The molecule has 0 unspecified atom stereocenters. The van der Waals surface area contributed by atoms with E-state index in [4.69, 9.17) is 19.9 Å². The molecule has 0 amide bonds. The lowest BCUT2D eigenvalue weighted by Crippen LogP contribution is -2.00. The molecule has 4 aromatic heterocycles. The summed E-state index contributed by atoms with van der Waals surface area (Å²) in [6, 6.07) is 57.4. The van der Waals surface area contributed by atoms with Crippen LogP contribution in [0.4, 0.5) is 0 Å². The predicted molar refractivity (Wildman–Crippen MR) is 222 cm³/mol. The summed E-state index contributed by atoms with van der Waals surface area (Å²) in [6.07, 6.45) is 0. The van der Waals surface area contributed by atoms with Crippen LogP contribution in [-0.4, -0.2) is 24.5 Å². The smallest absolute Gasteiger partial charge is 0.164 e. The van der Waals surface area contributed by atoms with E-state index in [9.17, 15) is 0 Å². The van der Waals surface area contributed by atoms with Crippen molar-refractivity contribution >= 4 is 74.9 Å². The summed E-state index contributed by atoms with van der Waals surface area (Å²) in [5.41, 5.74) is 8.35. The number of aromatic nitrogens is 5. The Morgan fingerprint density at radius 2 is 0.981 bits per heavy atom. The number of benzene rings is 7. The number of fused-ring (bicyclic) bond motifs is 7. The normalized spacial score (nSPS) is 11.8. The van der Waals surface area contributed by atoms with Crippen LogP contribution < -0.4 is 0 Å². The van der Waals surface area contributed by atoms with E-state index in [1.54, 1.807) is 11.3 Å². The Kier molecular flexibility index (Phi) is 6.83. The molecule has 0 radical (unpaired) electrons. The van der Waals surface area contributed by atoms with Gasteiger partial charge in [0, 0.05) is 58.9 Å². The third kappa shape index (κ3) is 5.04. The fourth-order valence-electron chi connectivity index (χ4n) is 7.35. The van der Waals surface area contributed by atoms with Crippen LogP contribution in [0.1, 0.15) is 0 Å². The number of nitrogens with zero attached hydrogens (tertiary/aromatic N) is 5. The maximum absolute atomic E-state index is 5.12. The standard InChI is InChI=1S/C46H27N5S2/c1-3-11-28(12-4-1)43-48-44(29-13-5-2-6-14-29)50-45(49-43)31-21-24-41-37(25-31)47-46(53-41)30-19-22-32(23-20-30)51-38-17-9-7-15-33(38)35-26-36-34-16-8-10-18-40(34)52-42(36)27-39(35)51/h1-27H. The van der Waals surface area contributed by atoms with Crippen molar-refractivity contribution in [2.75, 3.05) is 0 Å². The van der Waals surface area contributed by atoms with Crippen molar-refractivity contribution in [3.8, 4) is 50.4 Å². The van der Waals surface area contributed by atoms with Gasteiger partial charge < -0.3 is 4.57 Å². The number of hydrogen-bond acceptors (Lipinski definition) is 6. The summed E-state index contributed by atoms with van der Waals surface area (Å²) in [7, 11) is 0. The van der Waals surface area contributed by atoms with Crippen molar-refractivity contribution in [2.45, 2.75) is 0 Å². The summed E-state index contributed by atoms with van der Waals surface area (Å²) in [5, 5.41) is 6.15. The minimum Gasteiger partial charge on any atom is -0.309 e. The van der Waals surface area contributed by atoms with E-state index in [1.165, 1.54) is 42.0 Å². The Morgan fingerprint density at radius 3 is 1.72 bits per heavy atom. The molecule has 7 heteroatoms. The second-order valence-electron chi connectivity index (χ2n) is 13.1. The topological polar surface area (TPSA) is 56.5 Å². The highest BCUT2D eigenvalue weighted by atomic mass is 32.1. The summed E-state index contributed by atoms with van der Waals surface area (Å²) in [5.74, 6) is 1.91. The fraction of sp³-hybridized carbons (Fsp3) is 0. The van der Waals surface area contributed by atoms with Crippen LogP contribution in [0.2, 0.25) is 0 Å². The van der Waals surface area contributed by atoms with Crippen molar-refractivity contribution in [2.24, 2.45) is 0 Å². The molecule has 0 aliphatic heterocycles. The molecule has 11 aromatic rings. The Hall–Kier alpha value is -6.54. The Bertz CT molecular complexity index is 3100. The molecule has 0 N–H and O–H groups in total. The number of thiophene rings is 1. The maximum Gasteiger partial charge on any atom is 0.164 e. The first-order valence-corrected chi connectivity index (χ1v) is 19.1. The summed E-state index contributed by atoms with van der Waals surface area (Å²) in [4.78, 5) is 19.8. The largest absolute Gasteiger partial charge is 0.309 e. The van der Waals surface area contributed by atoms with Gasteiger partial charge >= 0.3 is 0 Å². The average molecular weight is 714 g/mol. The van der Waals surface area contributed by atoms with Crippen LogP contribution in [0.3, 0.4) is 0 Å². The summed E-state index contributed by atoms with van der Waals surface area (Å²) >= 11 is 3.56. The highest BCUT2D eigenvalue weighted by molar-refractivity contribution is 7.25. The van der Waals surface area contributed by atoms with Crippen molar-refractivity contribution in [1.29, 1.82) is 0 Å². The maximum atomic E-state index is 5.12. The quantitative estimate of drug-likeness (QED) is 0.178. The van der Waals surface area contributed by atoms with Gasteiger partial charge in [-0.3, -0.25) is 0 Å². The van der Waals surface area contributed by atoms with Crippen LogP contribution in [-0.2, 0) is 0 Å². The third-order valence-electron chi connectivity index (χ3n) is 9.89. The monoisotopic (exact) mass is 713 g/mol. The molecular weight excluding hydrogens is 687 g/mol. The van der Waals surface area contributed by atoms with Crippen molar-refractivity contribution in [1.82, 2.24) is 24.5 Å². The Labute approximate surface area is 312 Å². The van der Waals surface area contributed by atoms with Crippen molar-refractivity contribution in [3.63, 3.8) is 0 Å². The van der Waals surface area contributed by atoms with Crippen LogP contribution >= 0.6 is 22.7 Å². The highest BCUT2D eigenvalue weighted by Gasteiger charge is 2.17. The molecule has 5 nitrogen and oxygen atoms in total. The first-order chi connectivity index (χ1) is 26.2. The van der Waals surface area contributed by atoms with Gasteiger partial charge in [-0.15, -0.1) is 22.7 Å². The van der Waals surface area contributed by atoms with Crippen LogP contribution in [0.5, 0.6) is 0 Å². The zero-order valence-electron chi connectivity index (χ0n) is 28.1. The molecule has 0 atom stereocenters. The van der Waals surface area contributed by atoms with E-state index in [0.717, 1.165) is 43.2 Å². The molecular formula is C46H27N5S2. The second kappa shape index (κ2) is 12.0. The zero-order chi connectivity index (χ0) is 34.9. The van der Waals surface area contributed by atoms with Crippen molar-refractivity contribution in [3.05, 3.63) is 164 Å². The van der Waals surface area contributed by atoms with Crippen LogP contribution in [0.25, 0.3) is 103 Å². The molecule has 0 saturated carbocycles. The van der Waals surface area contributed by atoms with E-state index in [-0.39, 0.29) is 0 Å². The Morgan fingerprint density at radius 1 is 0.358 bits per heavy atom. The van der Waals surface area contributed by atoms with Crippen LogP contribution in [0, 0.1) is 0 Å². The highest BCUT2D eigenvalue weighted by Crippen LogP contribution is 2.41. The Balaban J connectivity index is 0.979. The summed E-state index contributed by atoms with van der Waals surface area (Å²) < 4.78 is 6.13. The first-order valence-electron chi connectivity index (χ1n) is 17.5. The molecule has 0 saturated heterocycles. The number of para-hydroxylation sites is 1. The van der Waals surface area contributed by atoms with Gasteiger partial charge in [0.2, 0.25) is 0 Å². The third-order valence-corrected chi connectivity index (χ3v) is 12.1. The van der Waals surface area contributed by atoms with Crippen molar-refractivity contribution < 1.29 is 0 Å². The minimum atomic E-state index is 0.623. The predicted octanol–water partition coefficient (Wildman–Crippen LogP) is 12.6. The molecule has 0 aliphatic rings. The SMILES string of the molecule is c1ccc(-c2nc(-c3ccccc3)nc(-c3ccc4sc(-c5ccc(-n6c7ccccc7c7cc8c(cc76)sc6ccccc68)cc5)nc4c3)n2)cc1. The van der Waals surface area contributed by atoms with Crippen LogP contribution in [0.15, 0.2) is 164 Å². The van der Waals surface area contributed by atoms with Gasteiger partial charge in [0.15, 0.2) is 17.5 Å². The molecule has 0 bridgehead atoms. The van der Waals surface area contributed by atoms with Gasteiger partial charge in [0.05, 0.1) is 21.3 Å². The lowest BCUT2D eigenvalue weighted by molar-refractivity contribution is 1.07. The van der Waals surface area contributed by atoms with E-state index in [0.29, 0.717) is 17.5 Å². The summed E-state index contributed by atoms with van der Waals surface area (Å²) in [6.45, 7) is 0. The first kappa shape index (κ1) is 30.1. The molecule has 0 aliphatic carbocycles. The van der Waals surface area contributed by atoms with Gasteiger partial charge in [0.1, 0.15) is 5.01 Å².